The third-order valence-electron chi connectivity index (χ3n) is 3.04. The maximum Gasteiger partial charge on any atom is 0.240 e. The standard InChI is InChI=1S/C12H18N2O4.C3H5NO.2C3H6O/c13-9(15)5-1-2-6-10(16)14-11(17)7-3-4-8-12(14)18;1-2-3(4)5;2*1-3(2)4/h1-8H2,(H2,13,15);2H,1H2,(H2,4,5);2*1-2H3. The van der Waals surface area contributed by atoms with Crippen molar-refractivity contribution in [3.05, 3.63) is 12.7 Å². The zero-order valence-electron chi connectivity index (χ0n) is 18.9. The molecule has 0 aromatic heterocycles. The van der Waals surface area contributed by atoms with Crippen LogP contribution in [0.3, 0.4) is 0 Å². The van der Waals surface area contributed by atoms with E-state index < -0.39 is 29.5 Å². The van der Waals surface area contributed by atoms with Crippen molar-refractivity contribution in [2.45, 2.75) is 79.1 Å². The lowest BCUT2D eigenvalue weighted by molar-refractivity contribution is -0.153. The molecule has 0 atom stereocenters. The monoisotopic (exact) mass is 441 g/mol. The van der Waals surface area contributed by atoms with Crippen LogP contribution in [0.15, 0.2) is 12.7 Å². The molecule has 0 aliphatic carbocycles. The van der Waals surface area contributed by atoms with Crippen LogP contribution in [-0.2, 0) is 33.6 Å². The average molecular weight is 442 g/mol. The molecule has 10 heteroatoms. The maximum atomic E-state index is 11.8. The van der Waals surface area contributed by atoms with Crippen molar-refractivity contribution in [1.29, 1.82) is 0 Å². The lowest BCUT2D eigenvalue weighted by atomic mass is 10.1. The van der Waals surface area contributed by atoms with Gasteiger partial charge in [-0.25, -0.2) is 4.90 Å². The Bertz CT molecular complexity index is 619. The predicted octanol–water partition coefficient (Wildman–Crippen LogP) is 1.34. The van der Waals surface area contributed by atoms with Crippen LogP contribution < -0.4 is 11.5 Å². The molecule has 31 heavy (non-hydrogen) atoms. The number of amides is 5. The SMILES string of the molecule is C=CC(N)=O.CC(C)=O.CC(C)=O.NC(=O)CCCCC(=O)N1C(=O)CCCCC1=O. The summed E-state index contributed by atoms with van der Waals surface area (Å²) >= 11 is 0. The van der Waals surface area contributed by atoms with Crippen molar-refractivity contribution in [3.63, 3.8) is 0 Å². The third kappa shape index (κ3) is 26.8. The van der Waals surface area contributed by atoms with Crippen LogP contribution >= 0.6 is 0 Å². The van der Waals surface area contributed by atoms with Gasteiger partial charge < -0.3 is 21.1 Å². The van der Waals surface area contributed by atoms with E-state index in [0.717, 1.165) is 11.0 Å². The van der Waals surface area contributed by atoms with E-state index in [9.17, 15) is 33.6 Å². The quantitative estimate of drug-likeness (QED) is 0.355. The van der Waals surface area contributed by atoms with Crippen LogP contribution in [0.2, 0.25) is 0 Å². The lowest BCUT2D eigenvalue weighted by Crippen LogP contribution is -2.40. The Morgan fingerprint density at radius 3 is 1.45 bits per heavy atom. The van der Waals surface area contributed by atoms with Crippen molar-refractivity contribution in [1.82, 2.24) is 4.90 Å². The Kier molecular flexibility index (Phi) is 21.1. The molecule has 0 saturated carbocycles. The third-order valence-corrected chi connectivity index (χ3v) is 3.04. The molecule has 1 aliphatic heterocycles. The Morgan fingerprint density at radius 2 is 1.16 bits per heavy atom. The summed E-state index contributed by atoms with van der Waals surface area (Å²) in [5.41, 5.74) is 9.51. The number of Topliss-reactive ketones (excluding diaryl/α,β-unsaturated/α-hetero) is 2. The molecule has 0 aromatic rings. The number of carbonyl (C=O) groups excluding carboxylic acids is 7. The van der Waals surface area contributed by atoms with E-state index in [2.05, 4.69) is 12.3 Å². The number of unbranched alkanes of at least 4 members (excludes halogenated alkanes) is 1. The molecule has 5 amide bonds. The van der Waals surface area contributed by atoms with Gasteiger partial charge in [-0.3, -0.25) is 24.0 Å². The molecule has 176 valence electrons. The molecule has 0 aromatic carbocycles. The van der Waals surface area contributed by atoms with E-state index in [1.807, 2.05) is 0 Å². The van der Waals surface area contributed by atoms with Crippen LogP contribution in [0.4, 0.5) is 0 Å². The summed E-state index contributed by atoms with van der Waals surface area (Å²) in [5.74, 6) is -1.83. The second-order valence-electron chi connectivity index (χ2n) is 6.82. The predicted molar refractivity (Wildman–Crippen MR) is 115 cm³/mol. The maximum absolute atomic E-state index is 11.8. The Labute approximate surface area is 183 Å². The number of imide groups is 3. The highest BCUT2D eigenvalue weighted by Gasteiger charge is 2.29. The van der Waals surface area contributed by atoms with Crippen molar-refractivity contribution in [2.75, 3.05) is 0 Å². The number of carbonyl (C=O) groups is 7. The molecule has 0 spiro atoms. The highest BCUT2D eigenvalue weighted by molar-refractivity contribution is 6.11. The number of ketones is 2. The first kappa shape index (κ1) is 32.5. The van der Waals surface area contributed by atoms with Gasteiger partial charge in [0.05, 0.1) is 0 Å². The molecule has 0 bridgehead atoms. The summed E-state index contributed by atoms with van der Waals surface area (Å²) in [6.07, 6.45) is 4.12. The topological polar surface area (TPSA) is 175 Å². The number of hydrogen-bond donors (Lipinski definition) is 2. The van der Waals surface area contributed by atoms with Gasteiger partial charge in [-0.1, -0.05) is 6.58 Å². The van der Waals surface area contributed by atoms with E-state index in [-0.39, 0.29) is 37.2 Å². The second kappa shape index (κ2) is 20.1. The zero-order chi connectivity index (χ0) is 25.0. The van der Waals surface area contributed by atoms with E-state index >= 15 is 0 Å². The number of nitrogens with two attached hydrogens (primary N) is 2. The summed E-state index contributed by atoms with van der Waals surface area (Å²) in [7, 11) is 0. The Morgan fingerprint density at radius 1 is 0.839 bits per heavy atom. The fourth-order valence-electron chi connectivity index (χ4n) is 1.88. The molecule has 1 heterocycles. The van der Waals surface area contributed by atoms with Crippen molar-refractivity contribution < 1.29 is 33.6 Å². The van der Waals surface area contributed by atoms with Gasteiger partial charge in [0.1, 0.15) is 11.6 Å². The lowest BCUT2D eigenvalue weighted by Gasteiger charge is -2.16. The first-order valence-electron chi connectivity index (χ1n) is 9.79. The van der Waals surface area contributed by atoms with Crippen LogP contribution in [0.1, 0.15) is 79.1 Å². The smallest absolute Gasteiger partial charge is 0.240 e. The number of hydrogen-bond acceptors (Lipinski definition) is 7. The normalized spacial score (nSPS) is 12.3. The van der Waals surface area contributed by atoms with Crippen molar-refractivity contribution >= 4 is 41.1 Å². The van der Waals surface area contributed by atoms with Crippen molar-refractivity contribution in [3.8, 4) is 0 Å². The van der Waals surface area contributed by atoms with Crippen molar-refractivity contribution in [2.24, 2.45) is 11.5 Å². The molecule has 10 nitrogen and oxygen atoms in total. The fraction of sp³-hybridized carbons (Fsp3) is 0.571. The highest BCUT2D eigenvalue weighted by atomic mass is 16.2. The number of rotatable bonds is 6. The van der Waals surface area contributed by atoms with Gasteiger partial charge in [-0.05, 0) is 59.5 Å². The van der Waals surface area contributed by atoms with Gasteiger partial charge in [-0.15, -0.1) is 0 Å². The second-order valence-corrected chi connectivity index (χ2v) is 6.82. The van der Waals surface area contributed by atoms with Gasteiger partial charge in [0.2, 0.25) is 29.5 Å². The number of nitrogens with zero attached hydrogens (tertiary/aromatic N) is 1. The first-order chi connectivity index (χ1) is 14.3. The first-order valence-corrected chi connectivity index (χ1v) is 9.79. The van der Waals surface area contributed by atoms with E-state index in [1.54, 1.807) is 0 Å². The minimum absolute atomic E-state index is 0.102. The fourth-order valence-corrected chi connectivity index (χ4v) is 1.88. The van der Waals surface area contributed by atoms with Gasteiger partial charge in [-0.2, -0.15) is 0 Å². The van der Waals surface area contributed by atoms with E-state index in [4.69, 9.17) is 5.73 Å². The van der Waals surface area contributed by atoms with E-state index in [0.29, 0.717) is 25.7 Å². The molecule has 1 fully saturated rings. The molecule has 0 radical (unpaired) electrons. The summed E-state index contributed by atoms with van der Waals surface area (Å²) in [5, 5.41) is 0. The molecular weight excluding hydrogens is 406 g/mol. The van der Waals surface area contributed by atoms with Gasteiger partial charge >= 0.3 is 0 Å². The average Bonchev–Trinajstić information content (AvgIpc) is 2.78. The molecule has 0 unspecified atom stereocenters. The Hall–Kier alpha value is -3.17. The van der Waals surface area contributed by atoms with Crippen LogP contribution in [0.25, 0.3) is 0 Å². The summed E-state index contributed by atoms with van der Waals surface area (Å²) in [6.45, 7) is 9.20. The summed E-state index contributed by atoms with van der Waals surface area (Å²) in [4.78, 5) is 74.7. The van der Waals surface area contributed by atoms with E-state index in [1.165, 1.54) is 27.7 Å². The van der Waals surface area contributed by atoms with Gasteiger partial charge in [0.25, 0.3) is 0 Å². The largest absolute Gasteiger partial charge is 0.370 e. The minimum Gasteiger partial charge on any atom is -0.370 e. The molecule has 1 rings (SSSR count). The van der Waals surface area contributed by atoms with Crippen LogP contribution in [-0.4, -0.2) is 46.0 Å². The highest BCUT2D eigenvalue weighted by Crippen LogP contribution is 2.14. The van der Waals surface area contributed by atoms with Gasteiger partial charge in [0, 0.05) is 25.7 Å². The molecule has 4 N–H and O–H groups in total. The summed E-state index contributed by atoms with van der Waals surface area (Å²) < 4.78 is 0. The van der Waals surface area contributed by atoms with Gasteiger partial charge in [0.15, 0.2) is 0 Å². The van der Waals surface area contributed by atoms with Crippen LogP contribution in [0, 0.1) is 0 Å². The molecule has 1 aliphatic rings. The summed E-state index contributed by atoms with van der Waals surface area (Å²) in [6, 6.07) is 0. The minimum atomic E-state index is -0.481. The number of primary amides is 2. The molecule has 1 saturated heterocycles. The zero-order valence-corrected chi connectivity index (χ0v) is 18.9. The Balaban J connectivity index is -0.000000493. The molecular formula is C21H35N3O7. The number of likely N-dealkylation sites (tertiary alicyclic amines) is 1. The van der Waals surface area contributed by atoms with Crippen LogP contribution in [0.5, 0.6) is 0 Å².